The highest BCUT2D eigenvalue weighted by Gasteiger charge is 2.17. The summed E-state index contributed by atoms with van der Waals surface area (Å²) >= 11 is 0. The van der Waals surface area contributed by atoms with Crippen LogP contribution in [0.1, 0.15) is 5.69 Å². The van der Waals surface area contributed by atoms with Gasteiger partial charge in [-0.05, 0) is 48.9 Å². The van der Waals surface area contributed by atoms with E-state index in [1.54, 1.807) is 24.5 Å². The summed E-state index contributed by atoms with van der Waals surface area (Å²) < 4.78 is 7.10. The first-order valence-electron chi connectivity index (χ1n) is 9.64. The number of nitrogens with one attached hydrogen (secondary N) is 1. The van der Waals surface area contributed by atoms with Crippen molar-refractivity contribution in [3.05, 3.63) is 84.8 Å². The third-order valence-electron chi connectivity index (χ3n) is 4.70. The predicted octanol–water partition coefficient (Wildman–Crippen LogP) is 4.74. The quantitative estimate of drug-likeness (QED) is 0.432. The molecule has 0 aliphatic rings. The maximum atomic E-state index is 10.8. The number of rotatable bonds is 5. The topological polar surface area (TPSA) is 97.5 Å². The van der Waals surface area contributed by atoms with Gasteiger partial charge in [0.15, 0.2) is 0 Å². The largest absolute Gasteiger partial charge is 0.493 e. The van der Waals surface area contributed by atoms with Crippen LogP contribution >= 0.6 is 0 Å². The van der Waals surface area contributed by atoms with E-state index in [2.05, 4.69) is 25.4 Å². The van der Waals surface area contributed by atoms with Crippen LogP contribution in [0.5, 0.6) is 17.4 Å². The van der Waals surface area contributed by atoms with Gasteiger partial charge in [-0.15, -0.1) is 5.10 Å². The van der Waals surface area contributed by atoms with Crippen LogP contribution in [-0.4, -0.2) is 29.7 Å². The second-order valence-corrected chi connectivity index (χ2v) is 6.84. The molecular formula is C23H18N6O2. The molecule has 0 bridgehead atoms. The zero-order valence-electron chi connectivity index (χ0n) is 16.6. The van der Waals surface area contributed by atoms with Crippen LogP contribution in [0.4, 0.5) is 11.6 Å². The molecular weight excluding hydrogens is 392 g/mol. The fourth-order valence-corrected chi connectivity index (χ4v) is 3.27. The predicted molar refractivity (Wildman–Crippen MR) is 117 cm³/mol. The Morgan fingerprint density at radius 2 is 1.58 bits per heavy atom. The summed E-state index contributed by atoms with van der Waals surface area (Å²) in [5.41, 5.74) is 2.94. The molecule has 31 heavy (non-hydrogen) atoms. The van der Waals surface area contributed by atoms with E-state index in [9.17, 15) is 5.11 Å². The smallest absolute Gasteiger partial charge is 0.257 e. The standard InChI is InChI=1S/C23H18N6O2/c1-15-20(16-5-3-2-4-6-16)21(30)29-23(25-15)27-22(28-29)26-17-7-9-18(10-8-17)31-19-11-13-24-14-12-19/h2-14,30H,1H3,(H,26,28). The lowest BCUT2D eigenvalue weighted by Gasteiger charge is -2.08. The van der Waals surface area contributed by atoms with Gasteiger partial charge in [0.05, 0.1) is 11.3 Å². The van der Waals surface area contributed by atoms with Crippen LogP contribution in [0.2, 0.25) is 0 Å². The summed E-state index contributed by atoms with van der Waals surface area (Å²) in [4.78, 5) is 12.9. The Kier molecular flexibility index (Phi) is 4.64. The summed E-state index contributed by atoms with van der Waals surface area (Å²) in [6, 6.07) is 20.6. The van der Waals surface area contributed by atoms with Crippen LogP contribution in [0, 0.1) is 6.92 Å². The number of fused-ring (bicyclic) bond motifs is 1. The van der Waals surface area contributed by atoms with E-state index >= 15 is 0 Å². The van der Waals surface area contributed by atoms with Gasteiger partial charge in [-0.3, -0.25) is 4.98 Å². The first-order chi connectivity index (χ1) is 15.2. The molecule has 0 spiro atoms. The number of hydrogen-bond acceptors (Lipinski definition) is 7. The molecule has 8 heteroatoms. The van der Waals surface area contributed by atoms with E-state index in [-0.39, 0.29) is 5.88 Å². The fraction of sp³-hybridized carbons (Fsp3) is 0.0435. The van der Waals surface area contributed by atoms with Crippen LogP contribution < -0.4 is 10.1 Å². The summed E-state index contributed by atoms with van der Waals surface area (Å²) in [6.45, 7) is 1.84. The molecule has 152 valence electrons. The Morgan fingerprint density at radius 3 is 2.32 bits per heavy atom. The molecule has 2 aromatic carbocycles. The highest BCUT2D eigenvalue weighted by Crippen LogP contribution is 2.32. The molecule has 5 aromatic rings. The molecule has 0 aliphatic heterocycles. The molecule has 3 aromatic heterocycles. The van der Waals surface area contributed by atoms with Crippen LogP contribution in [-0.2, 0) is 0 Å². The summed E-state index contributed by atoms with van der Waals surface area (Å²) in [7, 11) is 0. The van der Waals surface area contributed by atoms with Crippen molar-refractivity contribution in [2.75, 3.05) is 5.32 Å². The third-order valence-corrected chi connectivity index (χ3v) is 4.70. The van der Waals surface area contributed by atoms with Crippen LogP contribution in [0.25, 0.3) is 16.9 Å². The first-order valence-corrected chi connectivity index (χ1v) is 9.64. The van der Waals surface area contributed by atoms with Crippen molar-refractivity contribution >= 4 is 17.4 Å². The zero-order valence-corrected chi connectivity index (χ0v) is 16.6. The van der Waals surface area contributed by atoms with Gasteiger partial charge in [0.1, 0.15) is 11.5 Å². The number of benzene rings is 2. The van der Waals surface area contributed by atoms with E-state index in [1.807, 2.05) is 61.5 Å². The van der Waals surface area contributed by atoms with Crippen molar-refractivity contribution in [2.24, 2.45) is 0 Å². The lowest BCUT2D eigenvalue weighted by molar-refractivity contribution is 0.437. The van der Waals surface area contributed by atoms with Crippen LogP contribution in [0.15, 0.2) is 79.1 Å². The lowest BCUT2D eigenvalue weighted by Crippen LogP contribution is -1.98. The van der Waals surface area contributed by atoms with Gasteiger partial charge >= 0.3 is 0 Å². The van der Waals surface area contributed by atoms with E-state index in [1.165, 1.54) is 4.52 Å². The van der Waals surface area contributed by atoms with Crippen LogP contribution in [0.3, 0.4) is 0 Å². The molecule has 0 saturated carbocycles. The molecule has 0 radical (unpaired) electrons. The molecule has 0 aliphatic carbocycles. The monoisotopic (exact) mass is 410 g/mol. The molecule has 0 amide bonds. The Morgan fingerprint density at radius 1 is 0.871 bits per heavy atom. The number of ether oxygens (including phenoxy) is 1. The van der Waals surface area contributed by atoms with Gasteiger partial charge < -0.3 is 15.2 Å². The van der Waals surface area contributed by atoms with Gasteiger partial charge in [-0.1, -0.05) is 30.3 Å². The number of hydrogen-bond donors (Lipinski definition) is 2. The minimum absolute atomic E-state index is 0.00431. The van der Waals surface area contributed by atoms with Gasteiger partial charge in [0.25, 0.3) is 5.78 Å². The maximum absolute atomic E-state index is 10.8. The number of aryl methyl sites for hydroxylation is 1. The minimum atomic E-state index is -0.00431. The number of pyridine rings is 1. The fourth-order valence-electron chi connectivity index (χ4n) is 3.27. The molecule has 3 heterocycles. The van der Waals surface area contributed by atoms with E-state index < -0.39 is 0 Å². The van der Waals surface area contributed by atoms with E-state index in [4.69, 9.17) is 4.74 Å². The molecule has 5 rings (SSSR count). The van der Waals surface area contributed by atoms with Crippen molar-refractivity contribution < 1.29 is 9.84 Å². The average Bonchev–Trinajstić information content (AvgIpc) is 3.19. The van der Waals surface area contributed by atoms with Crippen molar-refractivity contribution in [3.8, 4) is 28.5 Å². The molecule has 0 unspecified atom stereocenters. The van der Waals surface area contributed by atoms with Crippen molar-refractivity contribution in [1.82, 2.24) is 24.6 Å². The summed E-state index contributed by atoms with van der Waals surface area (Å²) in [5.74, 6) is 2.05. The Labute approximate surface area is 177 Å². The highest BCUT2D eigenvalue weighted by molar-refractivity contribution is 5.72. The highest BCUT2D eigenvalue weighted by atomic mass is 16.5. The SMILES string of the molecule is Cc1nc2nc(Nc3ccc(Oc4ccncc4)cc3)nn2c(O)c1-c1ccccc1. The van der Waals surface area contributed by atoms with Gasteiger partial charge in [-0.2, -0.15) is 9.50 Å². The number of aromatic hydroxyl groups is 1. The van der Waals surface area contributed by atoms with Crippen molar-refractivity contribution in [3.63, 3.8) is 0 Å². The van der Waals surface area contributed by atoms with E-state index in [0.717, 1.165) is 11.3 Å². The average molecular weight is 410 g/mol. The normalized spacial score (nSPS) is 10.9. The zero-order chi connectivity index (χ0) is 21.2. The molecule has 0 atom stereocenters. The number of nitrogens with zero attached hydrogens (tertiary/aromatic N) is 5. The molecule has 0 fully saturated rings. The van der Waals surface area contributed by atoms with Crippen molar-refractivity contribution in [2.45, 2.75) is 6.92 Å². The maximum Gasteiger partial charge on any atom is 0.257 e. The second kappa shape index (κ2) is 7.75. The minimum Gasteiger partial charge on any atom is -0.493 e. The van der Waals surface area contributed by atoms with Gasteiger partial charge in [0.2, 0.25) is 11.8 Å². The van der Waals surface area contributed by atoms with E-state index in [0.29, 0.717) is 34.5 Å². The first kappa shape index (κ1) is 18.6. The summed E-state index contributed by atoms with van der Waals surface area (Å²) in [6.07, 6.45) is 3.35. The summed E-state index contributed by atoms with van der Waals surface area (Å²) in [5, 5.41) is 18.3. The molecule has 8 nitrogen and oxygen atoms in total. The Balaban J connectivity index is 1.40. The lowest BCUT2D eigenvalue weighted by atomic mass is 10.1. The Bertz CT molecular complexity index is 1340. The number of anilines is 2. The molecule has 0 saturated heterocycles. The van der Waals surface area contributed by atoms with Crippen molar-refractivity contribution in [1.29, 1.82) is 0 Å². The second-order valence-electron chi connectivity index (χ2n) is 6.84. The Hall–Kier alpha value is -4.46. The van der Waals surface area contributed by atoms with Gasteiger partial charge in [-0.25, -0.2) is 4.98 Å². The van der Waals surface area contributed by atoms with Gasteiger partial charge in [0, 0.05) is 18.1 Å². The third kappa shape index (κ3) is 3.74. The molecule has 2 N–H and O–H groups in total. The number of aromatic nitrogens is 5.